The van der Waals surface area contributed by atoms with Crippen LogP contribution in [0, 0.1) is 18.6 Å². The number of nitrogens with zero attached hydrogens (tertiary/aromatic N) is 2. The van der Waals surface area contributed by atoms with E-state index in [1.807, 2.05) is 0 Å². The molecule has 28 heavy (non-hydrogen) atoms. The van der Waals surface area contributed by atoms with Gasteiger partial charge in [-0.15, -0.1) is 11.3 Å². The summed E-state index contributed by atoms with van der Waals surface area (Å²) >= 11 is 1.23. The Morgan fingerprint density at radius 1 is 1.07 bits per heavy atom. The summed E-state index contributed by atoms with van der Waals surface area (Å²) < 4.78 is 27.2. The topological polar surface area (TPSA) is 45.2 Å². The zero-order valence-electron chi connectivity index (χ0n) is 15.3. The van der Waals surface area contributed by atoms with Gasteiger partial charge in [0.1, 0.15) is 21.5 Å². The van der Waals surface area contributed by atoms with Gasteiger partial charge in [0.25, 0.3) is 5.91 Å². The molecular weight excluding hydrogens is 380 g/mol. The van der Waals surface area contributed by atoms with E-state index >= 15 is 0 Å². The largest absolute Gasteiger partial charge is 0.371 e. The minimum absolute atomic E-state index is 0.324. The summed E-state index contributed by atoms with van der Waals surface area (Å²) in [4.78, 5) is 19.7. The third kappa shape index (κ3) is 3.89. The lowest BCUT2D eigenvalue weighted by Gasteiger charge is -2.18. The van der Waals surface area contributed by atoms with E-state index in [-0.39, 0.29) is 17.5 Å². The number of rotatable bonds is 4. The number of nitrogens with one attached hydrogen (secondary N) is 1. The van der Waals surface area contributed by atoms with Crippen molar-refractivity contribution < 1.29 is 13.6 Å². The lowest BCUT2D eigenvalue weighted by atomic mass is 10.2. The number of benzene rings is 2. The lowest BCUT2D eigenvalue weighted by Crippen LogP contribution is -2.18. The Labute approximate surface area is 165 Å². The first-order valence-electron chi connectivity index (χ1n) is 9.10. The molecule has 3 aromatic rings. The zero-order chi connectivity index (χ0) is 19.7. The van der Waals surface area contributed by atoms with Crippen LogP contribution in [0.25, 0.3) is 10.6 Å². The molecule has 0 radical (unpaired) electrons. The van der Waals surface area contributed by atoms with Crippen LogP contribution in [-0.2, 0) is 0 Å². The van der Waals surface area contributed by atoms with Gasteiger partial charge in [0.15, 0.2) is 0 Å². The van der Waals surface area contributed by atoms with Crippen LogP contribution in [-0.4, -0.2) is 24.0 Å². The number of amides is 1. The number of aryl methyl sites for hydroxylation is 1. The molecule has 144 valence electrons. The highest BCUT2D eigenvalue weighted by molar-refractivity contribution is 7.17. The Kier molecular flexibility index (Phi) is 5.09. The van der Waals surface area contributed by atoms with Crippen molar-refractivity contribution in [2.45, 2.75) is 19.8 Å². The lowest BCUT2D eigenvalue weighted by molar-refractivity contribution is 0.103. The molecule has 1 fully saturated rings. The maximum Gasteiger partial charge on any atom is 0.267 e. The molecule has 0 spiro atoms. The van der Waals surface area contributed by atoms with Gasteiger partial charge in [0.2, 0.25) is 0 Å². The van der Waals surface area contributed by atoms with E-state index in [4.69, 9.17) is 0 Å². The van der Waals surface area contributed by atoms with Crippen molar-refractivity contribution in [3.05, 3.63) is 64.7 Å². The molecule has 1 aliphatic rings. The van der Waals surface area contributed by atoms with Crippen LogP contribution in [0.5, 0.6) is 0 Å². The smallest absolute Gasteiger partial charge is 0.267 e. The molecule has 2 heterocycles. The number of carbonyl (C=O) groups is 1. The van der Waals surface area contributed by atoms with Crippen LogP contribution in [0.2, 0.25) is 0 Å². The average Bonchev–Trinajstić information content (AvgIpc) is 3.32. The Bertz CT molecular complexity index is 1010. The summed E-state index contributed by atoms with van der Waals surface area (Å²) in [6, 6.07) is 10.6. The normalized spacial score (nSPS) is 13.8. The third-order valence-corrected chi connectivity index (χ3v) is 5.91. The van der Waals surface area contributed by atoms with Gasteiger partial charge < -0.3 is 10.2 Å². The summed E-state index contributed by atoms with van der Waals surface area (Å²) in [6.45, 7) is 3.54. The molecule has 4 rings (SSSR count). The highest BCUT2D eigenvalue weighted by Crippen LogP contribution is 2.30. The van der Waals surface area contributed by atoms with Crippen molar-refractivity contribution in [2.24, 2.45) is 0 Å². The molecular formula is C21H19F2N3OS. The van der Waals surface area contributed by atoms with Crippen LogP contribution in [0.4, 0.5) is 20.2 Å². The average molecular weight is 399 g/mol. The monoisotopic (exact) mass is 399 g/mol. The molecule has 0 unspecified atom stereocenters. The van der Waals surface area contributed by atoms with Gasteiger partial charge in [-0.05, 0) is 62.2 Å². The highest BCUT2D eigenvalue weighted by Gasteiger charge is 2.18. The number of hydrogen-bond acceptors (Lipinski definition) is 4. The van der Waals surface area contributed by atoms with Crippen molar-refractivity contribution >= 4 is 28.6 Å². The van der Waals surface area contributed by atoms with Crippen molar-refractivity contribution in [3.8, 4) is 10.6 Å². The molecule has 1 saturated heterocycles. The molecule has 0 atom stereocenters. The number of carbonyl (C=O) groups excluding carboxylic acids is 1. The van der Waals surface area contributed by atoms with E-state index in [9.17, 15) is 13.6 Å². The molecule has 2 aromatic carbocycles. The summed E-state index contributed by atoms with van der Waals surface area (Å²) in [7, 11) is 0. The highest BCUT2D eigenvalue weighted by atomic mass is 32.1. The number of thiazole rings is 1. The van der Waals surface area contributed by atoms with Gasteiger partial charge in [-0.25, -0.2) is 13.8 Å². The third-order valence-electron chi connectivity index (χ3n) is 4.71. The van der Waals surface area contributed by atoms with Gasteiger partial charge in [-0.1, -0.05) is 0 Å². The zero-order valence-corrected chi connectivity index (χ0v) is 16.2. The second-order valence-electron chi connectivity index (χ2n) is 6.79. The van der Waals surface area contributed by atoms with Crippen molar-refractivity contribution in [1.29, 1.82) is 0 Å². The standard InChI is InChI=1S/C21H19F2N3OS/c1-13-19(28-21(24-13)14-4-6-15(22)7-5-14)20(27)25-17-10-16(23)11-18(12-17)26-8-2-3-9-26/h4-7,10-12H,2-3,8-9H2,1H3,(H,25,27). The SMILES string of the molecule is Cc1nc(-c2ccc(F)cc2)sc1C(=O)Nc1cc(F)cc(N2CCCC2)c1. The minimum atomic E-state index is -0.382. The molecule has 1 amide bonds. The number of aromatic nitrogens is 1. The fraction of sp³-hybridized carbons (Fsp3) is 0.238. The summed E-state index contributed by atoms with van der Waals surface area (Å²) in [5, 5.41) is 3.42. The van der Waals surface area contributed by atoms with Gasteiger partial charge in [0, 0.05) is 30.0 Å². The van der Waals surface area contributed by atoms with Crippen molar-refractivity contribution in [2.75, 3.05) is 23.3 Å². The van der Waals surface area contributed by atoms with E-state index in [0.717, 1.165) is 37.2 Å². The number of hydrogen-bond donors (Lipinski definition) is 1. The predicted octanol–water partition coefficient (Wildman–Crippen LogP) is 5.25. The van der Waals surface area contributed by atoms with Gasteiger partial charge in [0.05, 0.1) is 5.69 Å². The first-order chi connectivity index (χ1) is 13.5. The first-order valence-corrected chi connectivity index (χ1v) is 9.91. The molecule has 0 aliphatic carbocycles. The fourth-order valence-corrected chi connectivity index (χ4v) is 4.28. The summed E-state index contributed by atoms with van der Waals surface area (Å²) in [5.41, 5.74) is 2.53. The first kappa shape index (κ1) is 18.6. The Balaban J connectivity index is 1.56. The van der Waals surface area contributed by atoms with Crippen molar-refractivity contribution in [3.63, 3.8) is 0 Å². The minimum Gasteiger partial charge on any atom is -0.371 e. The van der Waals surface area contributed by atoms with Crippen LogP contribution in [0.3, 0.4) is 0 Å². The second kappa shape index (κ2) is 7.67. The fourth-order valence-electron chi connectivity index (χ4n) is 3.32. The van der Waals surface area contributed by atoms with E-state index in [0.29, 0.717) is 21.3 Å². The predicted molar refractivity (Wildman–Crippen MR) is 108 cm³/mol. The molecule has 0 saturated carbocycles. The number of halogens is 2. The van der Waals surface area contributed by atoms with Crippen LogP contribution < -0.4 is 10.2 Å². The van der Waals surface area contributed by atoms with E-state index in [1.54, 1.807) is 25.1 Å². The molecule has 1 N–H and O–H groups in total. The van der Waals surface area contributed by atoms with Crippen LogP contribution in [0.1, 0.15) is 28.2 Å². The summed E-state index contributed by atoms with van der Waals surface area (Å²) in [6.07, 6.45) is 2.18. The van der Waals surface area contributed by atoms with Gasteiger partial charge >= 0.3 is 0 Å². The van der Waals surface area contributed by atoms with E-state index in [1.165, 1.54) is 35.6 Å². The van der Waals surface area contributed by atoms with E-state index in [2.05, 4.69) is 15.2 Å². The number of anilines is 2. The molecule has 4 nitrogen and oxygen atoms in total. The van der Waals surface area contributed by atoms with E-state index < -0.39 is 0 Å². The maximum absolute atomic E-state index is 14.1. The van der Waals surface area contributed by atoms with Gasteiger partial charge in [-0.2, -0.15) is 0 Å². The molecule has 1 aliphatic heterocycles. The Hall–Kier alpha value is -2.80. The quantitative estimate of drug-likeness (QED) is 0.652. The molecule has 0 bridgehead atoms. The molecule has 7 heteroatoms. The van der Waals surface area contributed by atoms with Gasteiger partial charge in [-0.3, -0.25) is 4.79 Å². The Morgan fingerprint density at radius 3 is 2.50 bits per heavy atom. The van der Waals surface area contributed by atoms with Crippen LogP contribution >= 0.6 is 11.3 Å². The molecule has 1 aromatic heterocycles. The van der Waals surface area contributed by atoms with Crippen LogP contribution in [0.15, 0.2) is 42.5 Å². The second-order valence-corrected chi connectivity index (χ2v) is 7.79. The Morgan fingerprint density at radius 2 is 1.79 bits per heavy atom. The summed E-state index contributed by atoms with van der Waals surface area (Å²) in [5.74, 6) is -1.04. The van der Waals surface area contributed by atoms with Crippen molar-refractivity contribution in [1.82, 2.24) is 4.98 Å². The maximum atomic E-state index is 14.1.